The zero-order valence-electron chi connectivity index (χ0n) is 12.6. The van der Waals surface area contributed by atoms with Gasteiger partial charge in [0.15, 0.2) is 5.54 Å². The smallest absolute Gasteiger partial charge is 0.334 e. The van der Waals surface area contributed by atoms with Gasteiger partial charge in [0.1, 0.15) is 12.7 Å². The number of aromatic nitrogens is 3. The number of hydrogen-bond acceptors (Lipinski definition) is 4. The number of carbonyl (C=O) groups excluding carboxylic acids is 1. The number of halogens is 1. The Hall–Kier alpha value is -2.41. The van der Waals surface area contributed by atoms with Crippen LogP contribution < -0.4 is 5.32 Å². The third kappa shape index (κ3) is 3.87. The number of nitrogens with zero attached hydrogens (tertiary/aromatic N) is 3. The van der Waals surface area contributed by atoms with E-state index in [4.69, 9.17) is 11.6 Å². The highest BCUT2D eigenvalue weighted by Gasteiger charge is 2.40. The molecule has 2 rings (SSSR count). The summed E-state index contributed by atoms with van der Waals surface area (Å²) in [6.45, 7) is 2.03. The third-order valence-electron chi connectivity index (χ3n) is 3.62. The predicted molar refractivity (Wildman–Crippen MR) is 83.8 cm³/mol. The van der Waals surface area contributed by atoms with Gasteiger partial charge in [0.2, 0.25) is 5.91 Å². The standard InChI is InChI=1S/C15H17ClN4O3/c1-2-15(14(22)23,11-3-5-12(16)6-4-11)19-13(21)7-8-20-10-17-9-18-20/h3-6,9-10H,2,7-8H2,1H3,(H,19,21)(H,22,23). The summed E-state index contributed by atoms with van der Waals surface area (Å²) in [5, 5.41) is 16.7. The molecule has 0 spiro atoms. The second-order valence-corrected chi connectivity index (χ2v) is 5.46. The van der Waals surface area contributed by atoms with Crippen molar-refractivity contribution in [1.82, 2.24) is 20.1 Å². The van der Waals surface area contributed by atoms with Crippen LogP contribution in [-0.2, 0) is 21.7 Å². The summed E-state index contributed by atoms with van der Waals surface area (Å²) in [7, 11) is 0. The van der Waals surface area contributed by atoms with Gasteiger partial charge in [-0.2, -0.15) is 5.10 Å². The molecule has 0 aliphatic carbocycles. The van der Waals surface area contributed by atoms with E-state index >= 15 is 0 Å². The van der Waals surface area contributed by atoms with E-state index in [1.165, 1.54) is 17.3 Å². The number of nitrogens with one attached hydrogen (secondary N) is 1. The number of carbonyl (C=O) groups is 2. The first-order chi connectivity index (χ1) is 11.0. The van der Waals surface area contributed by atoms with E-state index in [-0.39, 0.29) is 18.7 Å². The average molecular weight is 337 g/mol. The lowest BCUT2D eigenvalue weighted by Gasteiger charge is -2.30. The van der Waals surface area contributed by atoms with Gasteiger partial charge in [0, 0.05) is 11.4 Å². The number of hydrogen-bond donors (Lipinski definition) is 2. The number of carboxylic acid groups (broad SMARTS) is 1. The summed E-state index contributed by atoms with van der Waals surface area (Å²) < 4.78 is 1.51. The van der Waals surface area contributed by atoms with Gasteiger partial charge in [-0.05, 0) is 24.1 Å². The highest BCUT2D eigenvalue weighted by atomic mass is 35.5. The second kappa shape index (κ2) is 7.23. The fourth-order valence-electron chi connectivity index (χ4n) is 2.29. The zero-order valence-corrected chi connectivity index (χ0v) is 13.3. The molecule has 2 aromatic rings. The normalized spacial score (nSPS) is 13.3. The van der Waals surface area contributed by atoms with Crippen molar-refractivity contribution >= 4 is 23.5 Å². The monoisotopic (exact) mass is 336 g/mol. The third-order valence-corrected chi connectivity index (χ3v) is 3.87. The molecule has 1 atom stereocenters. The molecular weight excluding hydrogens is 320 g/mol. The van der Waals surface area contributed by atoms with Crippen LogP contribution in [0.2, 0.25) is 5.02 Å². The summed E-state index contributed by atoms with van der Waals surface area (Å²) in [5.41, 5.74) is -1.00. The Morgan fingerprint density at radius 3 is 2.57 bits per heavy atom. The van der Waals surface area contributed by atoms with Crippen LogP contribution >= 0.6 is 11.6 Å². The Bertz CT molecular complexity index is 673. The largest absolute Gasteiger partial charge is 0.479 e. The number of rotatable bonds is 7. The quantitative estimate of drug-likeness (QED) is 0.804. The molecule has 1 amide bonds. The van der Waals surface area contributed by atoms with Crippen LogP contribution in [-0.4, -0.2) is 31.7 Å². The maximum Gasteiger partial charge on any atom is 0.334 e. The molecule has 1 aromatic carbocycles. The number of carboxylic acids is 1. The fraction of sp³-hybridized carbons (Fsp3) is 0.333. The van der Waals surface area contributed by atoms with Crippen LogP contribution in [0.5, 0.6) is 0 Å². The average Bonchev–Trinajstić information content (AvgIpc) is 3.05. The van der Waals surface area contributed by atoms with Gasteiger partial charge in [0.05, 0.1) is 6.54 Å². The van der Waals surface area contributed by atoms with E-state index in [1.807, 2.05) is 0 Å². The van der Waals surface area contributed by atoms with Crippen molar-refractivity contribution in [1.29, 1.82) is 0 Å². The Balaban J connectivity index is 2.16. The SMILES string of the molecule is CCC(NC(=O)CCn1cncn1)(C(=O)O)c1ccc(Cl)cc1. The number of aryl methyl sites for hydroxylation is 1. The Labute approximate surface area is 138 Å². The second-order valence-electron chi connectivity index (χ2n) is 5.03. The molecule has 0 radical (unpaired) electrons. The summed E-state index contributed by atoms with van der Waals surface area (Å²) in [4.78, 5) is 27.8. The lowest BCUT2D eigenvalue weighted by Crippen LogP contribution is -2.51. The molecule has 2 N–H and O–H groups in total. The lowest BCUT2D eigenvalue weighted by molar-refractivity contribution is -0.148. The molecule has 1 aromatic heterocycles. The van der Waals surface area contributed by atoms with E-state index in [0.717, 1.165) is 0 Å². The molecule has 23 heavy (non-hydrogen) atoms. The predicted octanol–water partition coefficient (Wildman–Crippen LogP) is 1.83. The highest BCUT2D eigenvalue weighted by Crippen LogP contribution is 2.27. The van der Waals surface area contributed by atoms with E-state index < -0.39 is 11.5 Å². The van der Waals surface area contributed by atoms with Crippen LogP contribution in [0.25, 0.3) is 0 Å². The topological polar surface area (TPSA) is 97.1 Å². The van der Waals surface area contributed by atoms with Gasteiger partial charge >= 0.3 is 5.97 Å². The Morgan fingerprint density at radius 1 is 1.35 bits per heavy atom. The van der Waals surface area contributed by atoms with Crippen LogP contribution in [0.1, 0.15) is 25.3 Å². The first-order valence-corrected chi connectivity index (χ1v) is 7.48. The molecule has 0 saturated carbocycles. The van der Waals surface area contributed by atoms with Gasteiger partial charge in [-0.1, -0.05) is 30.7 Å². The van der Waals surface area contributed by atoms with Crippen molar-refractivity contribution in [3.8, 4) is 0 Å². The summed E-state index contributed by atoms with van der Waals surface area (Å²) in [5.74, 6) is -1.49. The van der Waals surface area contributed by atoms with Crippen molar-refractivity contribution < 1.29 is 14.7 Å². The molecule has 122 valence electrons. The molecule has 0 fully saturated rings. The number of aliphatic carboxylic acids is 1. The van der Waals surface area contributed by atoms with Crippen molar-refractivity contribution in [2.24, 2.45) is 0 Å². The van der Waals surface area contributed by atoms with E-state index in [0.29, 0.717) is 17.1 Å². The molecule has 1 heterocycles. The maximum absolute atomic E-state index is 12.2. The highest BCUT2D eigenvalue weighted by molar-refractivity contribution is 6.30. The summed E-state index contributed by atoms with van der Waals surface area (Å²) in [6, 6.07) is 6.42. The van der Waals surface area contributed by atoms with Crippen LogP contribution in [0.3, 0.4) is 0 Å². The first kappa shape index (κ1) is 17.0. The van der Waals surface area contributed by atoms with Crippen LogP contribution in [0, 0.1) is 0 Å². The van der Waals surface area contributed by atoms with Gasteiger partial charge in [-0.15, -0.1) is 0 Å². The Kier molecular flexibility index (Phi) is 5.33. The molecule has 0 aliphatic rings. The van der Waals surface area contributed by atoms with E-state index in [1.54, 1.807) is 31.2 Å². The van der Waals surface area contributed by atoms with Crippen molar-refractivity contribution in [2.45, 2.75) is 31.8 Å². The van der Waals surface area contributed by atoms with Crippen molar-refractivity contribution in [3.63, 3.8) is 0 Å². The molecule has 8 heteroatoms. The minimum atomic E-state index is -1.48. The van der Waals surface area contributed by atoms with Crippen LogP contribution in [0.15, 0.2) is 36.9 Å². The number of benzene rings is 1. The van der Waals surface area contributed by atoms with Crippen LogP contribution in [0.4, 0.5) is 0 Å². The number of amides is 1. The summed E-state index contributed by atoms with van der Waals surface area (Å²) in [6.07, 6.45) is 3.18. The molecule has 0 bridgehead atoms. The van der Waals surface area contributed by atoms with E-state index in [2.05, 4.69) is 15.4 Å². The van der Waals surface area contributed by atoms with Gasteiger partial charge in [-0.25, -0.2) is 9.78 Å². The zero-order chi connectivity index (χ0) is 16.9. The molecule has 7 nitrogen and oxygen atoms in total. The van der Waals surface area contributed by atoms with Gasteiger partial charge < -0.3 is 10.4 Å². The van der Waals surface area contributed by atoms with Crippen molar-refractivity contribution in [2.75, 3.05) is 0 Å². The molecule has 0 saturated heterocycles. The minimum absolute atomic E-state index is 0.103. The first-order valence-electron chi connectivity index (χ1n) is 7.11. The van der Waals surface area contributed by atoms with Gasteiger partial charge in [0.25, 0.3) is 0 Å². The summed E-state index contributed by atoms with van der Waals surface area (Å²) >= 11 is 5.85. The maximum atomic E-state index is 12.2. The lowest BCUT2D eigenvalue weighted by atomic mass is 9.87. The Morgan fingerprint density at radius 2 is 2.04 bits per heavy atom. The van der Waals surface area contributed by atoms with Gasteiger partial charge in [-0.3, -0.25) is 9.48 Å². The molecule has 1 unspecified atom stereocenters. The van der Waals surface area contributed by atoms with Crippen molar-refractivity contribution in [3.05, 3.63) is 47.5 Å². The molecular formula is C15H17ClN4O3. The minimum Gasteiger partial charge on any atom is -0.479 e. The van der Waals surface area contributed by atoms with E-state index in [9.17, 15) is 14.7 Å². The molecule has 0 aliphatic heterocycles. The fourth-order valence-corrected chi connectivity index (χ4v) is 2.42.